The van der Waals surface area contributed by atoms with E-state index >= 15 is 0 Å². The van der Waals surface area contributed by atoms with Crippen molar-refractivity contribution in [3.63, 3.8) is 0 Å². The Bertz CT molecular complexity index is 856. The zero-order chi connectivity index (χ0) is 16.9. The summed E-state index contributed by atoms with van der Waals surface area (Å²) in [5, 5.41) is 15.6. The van der Waals surface area contributed by atoms with Crippen molar-refractivity contribution in [3.05, 3.63) is 71.8 Å². The van der Waals surface area contributed by atoms with Crippen molar-refractivity contribution in [2.75, 3.05) is 11.9 Å². The first-order valence-electron chi connectivity index (χ1n) is 7.89. The number of hydrogen-bond acceptors (Lipinski definition) is 4. The predicted octanol–water partition coefficient (Wildman–Crippen LogP) is 4.33. The molecule has 3 rings (SSSR count). The number of nitrogens with one attached hydrogen (secondary N) is 1. The van der Waals surface area contributed by atoms with E-state index in [4.69, 9.17) is 4.74 Å². The molecule has 0 aliphatic heterocycles. The van der Waals surface area contributed by atoms with E-state index in [1.165, 1.54) is 0 Å². The molecule has 4 heteroatoms. The summed E-state index contributed by atoms with van der Waals surface area (Å²) in [6.07, 6.45) is 0. The van der Waals surface area contributed by atoms with Crippen molar-refractivity contribution in [3.8, 4) is 5.75 Å². The number of hydrogen-bond donors (Lipinski definition) is 2. The Hall–Kier alpha value is -3.01. The largest absolute Gasteiger partial charge is 0.508 e. The fraction of sp³-hybridized carbons (Fsp3) is 0.150. The molecule has 122 valence electrons. The number of fused-ring (bicyclic) bond motifs is 1. The fourth-order valence-corrected chi connectivity index (χ4v) is 2.64. The average Bonchev–Trinajstić information content (AvgIpc) is 2.61. The summed E-state index contributed by atoms with van der Waals surface area (Å²) in [7, 11) is 0. The quantitative estimate of drug-likeness (QED) is 0.687. The molecule has 0 fully saturated rings. The number of anilines is 1. The SMILES string of the molecule is CCOC(=O)c1ccc(NCc2c(O)ccc3ccccc23)cc1. The van der Waals surface area contributed by atoms with Crippen LogP contribution in [-0.2, 0) is 11.3 Å². The summed E-state index contributed by atoms with van der Waals surface area (Å²) in [5.74, 6) is -0.0555. The van der Waals surface area contributed by atoms with E-state index < -0.39 is 0 Å². The lowest BCUT2D eigenvalue weighted by molar-refractivity contribution is 0.0526. The summed E-state index contributed by atoms with van der Waals surface area (Å²) in [6.45, 7) is 2.63. The Balaban J connectivity index is 1.77. The molecular formula is C20H19NO3. The standard InChI is InChI=1S/C20H19NO3/c1-2-24-20(23)15-7-10-16(11-8-15)21-13-18-17-6-4-3-5-14(17)9-12-19(18)22/h3-12,21-22H,2,13H2,1H3. The van der Waals surface area contributed by atoms with Gasteiger partial charge in [-0.3, -0.25) is 0 Å². The van der Waals surface area contributed by atoms with Gasteiger partial charge in [0.15, 0.2) is 0 Å². The van der Waals surface area contributed by atoms with Gasteiger partial charge in [-0.2, -0.15) is 0 Å². The van der Waals surface area contributed by atoms with E-state index in [0.29, 0.717) is 18.7 Å². The van der Waals surface area contributed by atoms with E-state index in [0.717, 1.165) is 22.0 Å². The number of carbonyl (C=O) groups excluding carboxylic acids is 1. The van der Waals surface area contributed by atoms with E-state index in [1.807, 2.05) is 42.5 Å². The van der Waals surface area contributed by atoms with Gasteiger partial charge in [0.1, 0.15) is 5.75 Å². The molecule has 0 heterocycles. The maximum atomic E-state index is 11.7. The van der Waals surface area contributed by atoms with Gasteiger partial charge in [0, 0.05) is 17.8 Å². The molecule has 3 aromatic carbocycles. The molecule has 0 radical (unpaired) electrons. The molecule has 2 N–H and O–H groups in total. The molecule has 0 atom stereocenters. The third-order valence-electron chi connectivity index (χ3n) is 3.88. The fourth-order valence-electron chi connectivity index (χ4n) is 2.64. The van der Waals surface area contributed by atoms with Crippen LogP contribution in [0.3, 0.4) is 0 Å². The van der Waals surface area contributed by atoms with Gasteiger partial charge >= 0.3 is 5.97 Å². The number of ether oxygens (including phenoxy) is 1. The minimum Gasteiger partial charge on any atom is -0.508 e. The maximum Gasteiger partial charge on any atom is 0.338 e. The highest BCUT2D eigenvalue weighted by Crippen LogP contribution is 2.27. The second-order valence-corrected chi connectivity index (χ2v) is 5.44. The van der Waals surface area contributed by atoms with Gasteiger partial charge in [-0.15, -0.1) is 0 Å². The highest BCUT2D eigenvalue weighted by Gasteiger charge is 2.08. The van der Waals surface area contributed by atoms with E-state index in [1.54, 1.807) is 25.1 Å². The first-order chi connectivity index (χ1) is 11.7. The van der Waals surface area contributed by atoms with E-state index in [-0.39, 0.29) is 11.7 Å². The molecule has 4 nitrogen and oxygen atoms in total. The topological polar surface area (TPSA) is 58.6 Å². The first-order valence-corrected chi connectivity index (χ1v) is 7.89. The van der Waals surface area contributed by atoms with Crippen LogP contribution in [0, 0.1) is 0 Å². The lowest BCUT2D eigenvalue weighted by Gasteiger charge is -2.12. The highest BCUT2D eigenvalue weighted by molar-refractivity contribution is 5.90. The minimum atomic E-state index is -0.323. The minimum absolute atomic E-state index is 0.268. The van der Waals surface area contributed by atoms with Gasteiger partial charge in [-0.25, -0.2) is 4.79 Å². The molecule has 0 spiro atoms. The summed E-state index contributed by atoms with van der Waals surface area (Å²) < 4.78 is 4.97. The summed E-state index contributed by atoms with van der Waals surface area (Å²) in [4.78, 5) is 11.7. The Morgan fingerprint density at radius 1 is 1.04 bits per heavy atom. The molecule has 0 aliphatic carbocycles. The van der Waals surface area contributed by atoms with Crippen molar-refractivity contribution in [2.24, 2.45) is 0 Å². The van der Waals surface area contributed by atoms with Crippen LogP contribution in [0.15, 0.2) is 60.7 Å². The predicted molar refractivity (Wildman–Crippen MR) is 95.3 cm³/mol. The molecule has 0 saturated carbocycles. The van der Waals surface area contributed by atoms with E-state index in [2.05, 4.69) is 5.32 Å². The highest BCUT2D eigenvalue weighted by atomic mass is 16.5. The number of benzene rings is 3. The second-order valence-electron chi connectivity index (χ2n) is 5.44. The number of carbonyl (C=O) groups is 1. The van der Waals surface area contributed by atoms with Gasteiger partial charge in [-0.05, 0) is 48.0 Å². The zero-order valence-corrected chi connectivity index (χ0v) is 13.5. The zero-order valence-electron chi connectivity index (χ0n) is 13.5. The van der Waals surface area contributed by atoms with Gasteiger partial charge < -0.3 is 15.2 Å². The van der Waals surface area contributed by atoms with Crippen LogP contribution in [0.25, 0.3) is 10.8 Å². The van der Waals surface area contributed by atoms with Crippen LogP contribution in [0.2, 0.25) is 0 Å². The third kappa shape index (κ3) is 3.33. The lowest BCUT2D eigenvalue weighted by atomic mass is 10.0. The average molecular weight is 321 g/mol. The van der Waals surface area contributed by atoms with Gasteiger partial charge in [0.05, 0.1) is 12.2 Å². The Morgan fingerprint density at radius 3 is 2.54 bits per heavy atom. The van der Waals surface area contributed by atoms with Crippen LogP contribution in [0.4, 0.5) is 5.69 Å². The maximum absolute atomic E-state index is 11.7. The van der Waals surface area contributed by atoms with Crippen molar-refractivity contribution >= 4 is 22.4 Å². The van der Waals surface area contributed by atoms with Crippen LogP contribution < -0.4 is 5.32 Å². The van der Waals surface area contributed by atoms with Crippen LogP contribution in [0.1, 0.15) is 22.8 Å². The van der Waals surface area contributed by atoms with Crippen molar-refractivity contribution < 1.29 is 14.6 Å². The Kier molecular flexibility index (Phi) is 4.66. The van der Waals surface area contributed by atoms with Crippen LogP contribution in [0.5, 0.6) is 5.75 Å². The summed E-state index contributed by atoms with van der Waals surface area (Å²) in [5.41, 5.74) is 2.24. The number of esters is 1. The normalized spacial score (nSPS) is 10.5. The van der Waals surface area contributed by atoms with Crippen molar-refractivity contribution in [1.29, 1.82) is 0 Å². The van der Waals surface area contributed by atoms with Gasteiger partial charge in [0.2, 0.25) is 0 Å². The molecule has 3 aromatic rings. The molecule has 24 heavy (non-hydrogen) atoms. The third-order valence-corrected chi connectivity index (χ3v) is 3.88. The summed E-state index contributed by atoms with van der Waals surface area (Å²) >= 11 is 0. The number of aromatic hydroxyl groups is 1. The van der Waals surface area contributed by atoms with Crippen LogP contribution >= 0.6 is 0 Å². The molecule has 0 saturated heterocycles. The number of phenols is 1. The molecule has 0 bridgehead atoms. The molecule has 0 unspecified atom stereocenters. The molecule has 0 aromatic heterocycles. The second kappa shape index (κ2) is 7.04. The number of rotatable bonds is 5. The Morgan fingerprint density at radius 2 is 1.79 bits per heavy atom. The van der Waals surface area contributed by atoms with Gasteiger partial charge in [0.25, 0.3) is 0 Å². The number of phenolic OH excluding ortho intramolecular Hbond substituents is 1. The van der Waals surface area contributed by atoms with Crippen molar-refractivity contribution in [1.82, 2.24) is 0 Å². The molecule has 0 aliphatic rings. The van der Waals surface area contributed by atoms with Crippen LogP contribution in [-0.4, -0.2) is 17.7 Å². The van der Waals surface area contributed by atoms with E-state index in [9.17, 15) is 9.90 Å². The summed E-state index contributed by atoms with van der Waals surface area (Å²) in [6, 6.07) is 18.7. The monoisotopic (exact) mass is 321 g/mol. The molecular weight excluding hydrogens is 302 g/mol. The first kappa shape index (κ1) is 15.9. The lowest BCUT2D eigenvalue weighted by Crippen LogP contribution is -2.05. The van der Waals surface area contributed by atoms with Crippen molar-refractivity contribution in [2.45, 2.75) is 13.5 Å². The smallest absolute Gasteiger partial charge is 0.338 e. The Labute approximate surface area is 140 Å². The van der Waals surface area contributed by atoms with Gasteiger partial charge in [-0.1, -0.05) is 30.3 Å². The molecule has 0 amide bonds.